The third kappa shape index (κ3) is 2.96. The van der Waals surface area contributed by atoms with Crippen molar-refractivity contribution >= 4 is 0 Å². The summed E-state index contributed by atoms with van der Waals surface area (Å²) in [7, 11) is 0. The third-order valence-corrected chi connectivity index (χ3v) is 4.33. The first kappa shape index (κ1) is 15.3. The van der Waals surface area contributed by atoms with Crippen LogP contribution in [0, 0.1) is 17.1 Å². The number of hydrogen-bond acceptors (Lipinski definition) is 4. The summed E-state index contributed by atoms with van der Waals surface area (Å²) in [5.41, 5.74) is 2.51. The van der Waals surface area contributed by atoms with Crippen molar-refractivity contribution in [2.24, 2.45) is 0 Å². The smallest absolute Gasteiger partial charge is 0.218 e. The zero-order valence-electron chi connectivity index (χ0n) is 13.4. The molecule has 1 unspecified atom stereocenters. The van der Waals surface area contributed by atoms with Gasteiger partial charge in [-0.2, -0.15) is 15.0 Å². The number of fused-ring (bicyclic) bond motifs is 1. The molecule has 0 fully saturated rings. The van der Waals surface area contributed by atoms with Crippen LogP contribution in [0.4, 0.5) is 4.39 Å². The molecule has 0 bridgehead atoms. The van der Waals surface area contributed by atoms with Crippen LogP contribution in [0.5, 0.6) is 5.88 Å². The van der Waals surface area contributed by atoms with E-state index in [0.29, 0.717) is 17.3 Å². The van der Waals surface area contributed by atoms with E-state index < -0.39 is 0 Å². The van der Waals surface area contributed by atoms with Crippen LogP contribution in [0.3, 0.4) is 0 Å². The predicted molar refractivity (Wildman–Crippen MR) is 88.8 cm³/mol. The molecule has 1 atom stereocenters. The van der Waals surface area contributed by atoms with Crippen molar-refractivity contribution < 1.29 is 9.13 Å². The van der Waals surface area contributed by atoms with Gasteiger partial charge in [0.05, 0.1) is 17.8 Å². The second kappa shape index (κ2) is 6.36. The van der Waals surface area contributed by atoms with E-state index in [9.17, 15) is 4.39 Å². The van der Waals surface area contributed by atoms with Gasteiger partial charge in [-0.05, 0) is 48.6 Å². The Morgan fingerprint density at radius 1 is 1.20 bits per heavy atom. The molecule has 0 aliphatic heterocycles. The normalized spacial score (nSPS) is 16.1. The number of hydrogen-bond donors (Lipinski definition) is 0. The number of aryl methyl sites for hydroxylation is 1. The fourth-order valence-corrected chi connectivity index (χ4v) is 3.16. The zero-order chi connectivity index (χ0) is 17.2. The van der Waals surface area contributed by atoms with Crippen LogP contribution in [0.25, 0.3) is 5.82 Å². The van der Waals surface area contributed by atoms with Crippen molar-refractivity contribution in [1.29, 1.82) is 5.26 Å². The highest BCUT2D eigenvalue weighted by Crippen LogP contribution is 2.34. The van der Waals surface area contributed by atoms with Crippen LogP contribution >= 0.6 is 0 Å². The fourth-order valence-electron chi connectivity index (χ4n) is 3.16. The van der Waals surface area contributed by atoms with Crippen molar-refractivity contribution in [3.8, 4) is 17.8 Å². The van der Waals surface area contributed by atoms with Crippen molar-refractivity contribution in [1.82, 2.24) is 14.8 Å². The summed E-state index contributed by atoms with van der Waals surface area (Å²) in [5, 5.41) is 13.3. The minimum absolute atomic E-state index is 0.154. The SMILES string of the molecule is N#Cc1ccnc(-n2nccc2OC2CCCc3cc(F)ccc32)c1. The second-order valence-electron chi connectivity index (χ2n) is 5.94. The fraction of sp³-hybridized carbons (Fsp3) is 0.211. The van der Waals surface area contributed by atoms with Crippen LogP contribution < -0.4 is 4.74 Å². The first-order chi connectivity index (χ1) is 12.2. The van der Waals surface area contributed by atoms with Gasteiger partial charge in [0.2, 0.25) is 5.88 Å². The van der Waals surface area contributed by atoms with E-state index in [1.165, 1.54) is 6.07 Å². The maximum absolute atomic E-state index is 13.5. The van der Waals surface area contributed by atoms with E-state index in [1.54, 1.807) is 47.4 Å². The second-order valence-corrected chi connectivity index (χ2v) is 5.94. The first-order valence-corrected chi connectivity index (χ1v) is 8.10. The van der Waals surface area contributed by atoms with Gasteiger partial charge < -0.3 is 4.74 Å². The number of benzene rings is 1. The average molecular weight is 334 g/mol. The Morgan fingerprint density at radius 2 is 2.12 bits per heavy atom. The molecule has 2 aromatic heterocycles. The minimum Gasteiger partial charge on any atom is -0.469 e. The number of aromatic nitrogens is 3. The molecule has 1 aliphatic carbocycles. The standard InChI is InChI=1S/C19H15FN4O/c20-15-4-5-16-14(11-15)2-1-3-17(16)25-19-7-9-23-24(19)18-10-13(12-21)6-8-22-18/h4-11,17H,1-3H2. The Hall–Kier alpha value is -3.20. The van der Waals surface area contributed by atoms with E-state index >= 15 is 0 Å². The molecule has 4 rings (SSSR count). The van der Waals surface area contributed by atoms with Crippen LogP contribution in [0.1, 0.15) is 35.6 Å². The molecule has 0 radical (unpaired) electrons. The quantitative estimate of drug-likeness (QED) is 0.732. The number of nitriles is 1. The maximum Gasteiger partial charge on any atom is 0.218 e. The molecule has 1 aliphatic rings. The predicted octanol–water partition coefficient (Wildman–Crippen LogP) is 3.73. The lowest BCUT2D eigenvalue weighted by atomic mass is 9.89. The zero-order valence-corrected chi connectivity index (χ0v) is 13.4. The monoisotopic (exact) mass is 334 g/mol. The number of ether oxygens (including phenoxy) is 1. The molecule has 25 heavy (non-hydrogen) atoms. The highest BCUT2D eigenvalue weighted by atomic mass is 19.1. The van der Waals surface area contributed by atoms with Crippen molar-refractivity contribution in [2.75, 3.05) is 0 Å². The number of pyridine rings is 1. The summed E-state index contributed by atoms with van der Waals surface area (Å²) in [5.74, 6) is 0.848. The largest absolute Gasteiger partial charge is 0.469 e. The molecular formula is C19H15FN4O. The Bertz CT molecular complexity index is 960. The Kier molecular flexibility index (Phi) is 3.90. The summed E-state index contributed by atoms with van der Waals surface area (Å²) in [6, 6.07) is 12.0. The minimum atomic E-state index is -0.220. The van der Waals surface area contributed by atoms with Gasteiger partial charge in [-0.3, -0.25) is 0 Å². The van der Waals surface area contributed by atoms with Gasteiger partial charge in [-0.25, -0.2) is 9.37 Å². The van der Waals surface area contributed by atoms with Crippen molar-refractivity contribution in [3.63, 3.8) is 0 Å². The Morgan fingerprint density at radius 3 is 3.00 bits per heavy atom. The van der Waals surface area contributed by atoms with E-state index in [4.69, 9.17) is 10.00 Å². The molecule has 5 nitrogen and oxygen atoms in total. The van der Waals surface area contributed by atoms with Gasteiger partial charge in [0, 0.05) is 18.3 Å². The van der Waals surface area contributed by atoms with E-state index in [2.05, 4.69) is 16.2 Å². The lowest BCUT2D eigenvalue weighted by Crippen LogP contribution is -2.17. The molecule has 0 amide bonds. The topological polar surface area (TPSA) is 63.7 Å². The molecule has 3 aromatic rings. The number of halogens is 1. The molecule has 1 aromatic carbocycles. The van der Waals surface area contributed by atoms with E-state index in [-0.39, 0.29) is 11.9 Å². The molecule has 0 saturated heterocycles. The Balaban J connectivity index is 1.66. The molecule has 2 heterocycles. The third-order valence-electron chi connectivity index (χ3n) is 4.33. The van der Waals surface area contributed by atoms with Crippen LogP contribution in [-0.2, 0) is 6.42 Å². The van der Waals surface area contributed by atoms with Gasteiger partial charge in [-0.15, -0.1) is 0 Å². The maximum atomic E-state index is 13.5. The summed E-state index contributed by atoms with van der Waals surface area (Å²) in [4.78, 5) is 4.26. The van der Waals surface area contributed by atoms with Gasteiger partial charge in [0.25, 0.3) is 0 Å². The lowest BCUT2D eigenvalue weighted by molar-refractivity contribution is 0.170. The number of nitrogens with zero attached hydrogens (tertiary/aromatic N) is 4. The van der Waals surface area contributed by atoms with E-state index in [1.807, 2.05) is 0 Å². The number of rotatable bonds is 3. The Labute approximate surface area is 144 Å². The van der Waals surface area contributed by atoms with Gasteiger partial charge in [0.15, 0.2) is 5.82 Å². The molecule has 0 saturated carbocycles. The first-order valence-electron chi connectivity index (χ1n) is 8.10. The molecule has 124 valence electrons. The van der Waals surface area contributed by atoms with Crippen molar-refractivity contribution in [3.05, 3.63) is 71.3 Å². The van der Waals surface area contributed by atoms with Gasteiger partial charge in [0.1, 0.15) is 11.9 Å². The summed E-state index contributed by atoms with van der Waals surface area (Å²) >= 11 is 0. The van der Waals surface area contributed by atoms with Gasteiger partial charge >= 0.3 is 0 Å². The van der Waals surface area contributed by atoms with Gasteiger partial charge in [-0.1, -0.05) is 6.07 Å². The highest BCUT2D eigenvalue weighted by molar-refractivity contribution is 5.37. The summed E-state index contributed by atoms with van der Waals surface area (Å²) < 4.78 is 21.2. The van der Waals surface area contributed by atoms with Crippen molar-refractivity contribution in [2.45, 2.75) is 25.4 Å². The van der Waals surface area contributed by atoms with Crippen LogP contribution in [0.2, 0.25) is 0 Å². The molecular weight excluding hydrogens is 319 g/mol. The molecule has 0 N–H and O–H groups in total. The average Bonchev–Trinajstić information content (AvgIpc) is 3.10. The molecule has 6 heteroatoms. The summed E-state index contributed by atoms with van der Waals surface area (Å²) in [6.45, 7) is 0. The van der Waals surface area contributed by atoms with Crippen LogP contribution in [-0.4, -0.2) is 14.8 Å². The lowest BCUT2D eigenvalue weighted by Gasteiger charge is -2.26. The molecule has 0 spiro atoms. The summed E-state index contributed by atoms with van der Waals surface area (Å²) in [6.07, 6.45) is 5.70. The highest BCUT2D eigenvalue weighted by Gasteiger charge is 2.23. The van der Waals surface area contributed by atoms with E-state index in [0.717, 1.165) is 30.4 Å². The van der Waals surface area contributed by atoms with Crippen LogP contribution in [0.15, 0.2) is 48.8 Å².